The summed E-state index contributed by atoms with van der Waals surface area (Å²) >= 11 is 3.45. The number of hydrogen-bond donors (Lipinski definition) is 1. The molecular formula is C7H7BrN2. The fourth-order valence-corrected chi connectivity index (χ4v) is 1.54. The van der Waals surface area contributed by atoms with Gasteiger partial charge < -0.3 is 4.98 Å². The maximum absolute atomic E-state index is 4.15. The zero-order valence-electron chi connectivity index (χ0n) is 5.39. The van der Waals surface area contributed by atoms with Crippen LogP contribution in [0.3, 0.4) is 0 Å². The summed E-state index contributed by atoms with van der Waals surface area (Å²) in [5, 5.41) is 0. The molecule has 0 fully saturated rings. The second-order valence-corrected chi connectivity index (χ2v) is 3.38. The van der Waals surface area contributed by atoms with E-state index in [1.165, 1.54) is 10.2 Å². The predicted molar refractivity (Wildman–Crippen MR) is 43.8 cm³/mol. The quantitative estimate of drug-likeness (QED) is 0.680. The zero-order valence-corrected chi connectivity index (χ0v) is 6.98. The van der Waals surface area contributed by atoms with Gasteiger partial charge in [-0.2, -0.15) is 0 Å². The van der Waals surface area contributed by atoms with Crippen LogP contribution in [0.4, 0.5) is 0 Å². The van der Waals surface area contributed by atoms with Crippen LogP contribution in [-0.2, 0) is 6.42 Å². The van der Waals surface area contributed by atoms with Gasteiger partial charge in [-0.3, -0.25) is 0 Å². The third-order valence-electron chi connectivity index (χ3n) is 1.66. The van der Waals surface area contributed by atoms with E-state index < -0.39 is 0 Å². The van der Waals surface area contributed by atoms with Gasteiger partial charge in [0.1, 0.15) is 0 Å². The van der Waals surface area contributed by atoms with Crippen LogP contribution in [0, 0.1) is 0 Å². The molecule has 0 amide bonds. The van der Waals surface area contributed by atoms with Gasteiger partial charge in [-0.15, -0.1) is 0 Å². The molecule has 0 saturated heterocycles. The first-order valence-electron chi connectivity index (χ1n) is 3.24. The van der Waals surface area contributed by atoms with E-state index in [2.05, 4.69) is 32.0 Å². The number of fused-ring (bicyclic) bond motifs is 1. The molecule has 52 valence electrons. The molecule has 1 N–H and O–H groups in total. The summed E-state index contributed by atoms with van der Waals surface area (Å²) in [6, 6.07) is 0. The molecule has 0 radical (unpaired) electrons. The van der Waals surface area contributed by atoms with Crippen molar-refractivity contribution in [3.63, 3.8) is 0 Å². The molecule has 1 aromatic heterocycles. The number of nitrogens with one attached hydrogen (secondary N) is 1. The molecule has 2 nitrogen and oxygen atoms in total. The molecule has 10 heavy (non-hydrogen) atoms. The number of allylic oxidation sites excluding steroid dienone is 1. The van der Waals surface area contributed by atoms with Gasteiger partial charge in [-0.05, 0) is 23.4 Å². The highest BCUT2D eigenvalue weighted by Gasteiger charge is 2.09. The number of aromatic amines is 1. The van der Waals surface area contributed by atoms with Crippen LogP contribution in [0.1, 0.15) is 17.8 Å². The third kappa shape index (κ3) is 0.904. The number of H-pyrrole nitrogens is 1. The molecular weight excluding hydrogens is 192 g/mol. The van der Waals surface area contributed by atoms with Crippen LogP contribution in [0.15, 0.2) is 10.8 Å². The Bertz CT molecular complexity index is 275. The minimum absolute atomic E-state index is 1.08. The summed E-state index contributed by atoms with van der Waals surface area (Å²) in [5.41, 5.74) is 2.33. The monoisotopic (exact) mass is 198 g/mol. The van der Waals surface area contributed by atoms with Gasteiger partial charge in [-0.25, -0.2) is 4.98 Å². The smallest absolute Gasteiger partial charge is 0.0929 e. The van der Waals surface area contributed by atoms with Crippen molar-refractivity contribution in [2.24, 2.45) is 0 Å². The lowest BCUT2D eigenvalue weighted by Crippen LogP contribution is -1.94. The first kappa shape index (κ1) is 6.16. The molecule has 1 aliphatic carbocycles. The molecule has 0 unspecified atom stereocenters. The third-order valence-corrected chi connectivity index (χ3v) is 2.28. The first-order chi connectivity index (χ1) is 4.86. The van der Waals surface area contributed by atoms with Crippen molar-refractivity contribution < 1.29 is 0 Å². The Morgan fingerprint density at radius 3 is 3.30 bits per heavy atom. The molecule has 0 aliphatic heterocycles. The largest absolute Gasteiger partial charge is 0.348 e. The van der Waals surface area contributed by atoms with E-state index >= 15 is 0 Å². The predicted octanol–water partition coefficient (Wildman–Crippen LogP) is 2.09. The van der Waals surface area contributed by atoms with Crippen LogP contribution in [0.5, 0.6) is 0 Å². The lowest BCUT2D eigenvalue weighted by Gasteiger charge is -2.05. The summed E-state index contributed by atoms with van der Waals surface area (Å²) in [4.78, 5) is 7.25. The average Bonchev–Trinajstić information content (AvgIpc) is 2.33. The highest BCUT2D eigenvalue weighted by molar-refractivity contribution is 9.11. The van der Waals surface area contributed by atoms with Crippen molar-refractivity contribution in [1.29, 1.82) is 0 Å². The van der Waals surface area contributed by atoms with E-state index in [1.807, 2.05) is 0 Å². The molecule has 0 aromatic carbocycles. The van der Waals surface area contributed by atoms with Crippen LogP contribution >= 0.6 is 15.9 Å². The Kier molecular flexibility index (Phi) is 1.38. The molecule has 3 heteroatoms. The minimum atomic E-state index is 1.08. The van der Waals surface area contributed by atoms with Gasteiger partial charge in [0.2, 0.25) is 0 Å². The second kappa shape index (κ2) is 2.23. The minimum Gasteiger partial charge on any atom is -0.348 e. The van der Waals surface area contributed by atoms with Gasteiger partial charge in [0.15, 0.2) is 0 Å². The van der Waals surface area contributed by atoms with E-state index in [0.717, 1.165) is 18.5 Å². The lowest BCUT2D eigenvalue weighted by molar-refractivity contribution is 0.936. The van der Waals surface area contributed by atoms with Gasteiger partial charge in [0, 0.05) is 5.69 Å². The molecule has 1 heterocycles. The summed E-state index contributed by atoms with van der Waals surface area (Å²) in [6.45, 7) is 0. The van der Waals surface area contributed by atoms with Crippen LogP contribution < -0.4 is 0 Å². The van der Waals surface area contributed by atoms with Gasteiger partial charge in [0.25, 0.3) is 0 Å². The number of aromatic nitrogens is 2. The average molecular weight is 199 g/mol. The molecule has 0 atom stereocenters. The molecule has 1 aromatic rings. The van der Waals surface area contributed by atoms with E-state index in [9.17, 15) is 0 Å². The Morgan fingerprint density at radius 2 is 2.40 bits per heavy atom. The number of halogens is 1. The van der Waals surface area contributed by atoms with Crippen LogP contribution in [0.2, 0.25) is 0 Å². The highest BCUT2D eigenvalue weighted by atomic mass is 79.9. The fraction of sp³-hybridized carbons (Fsp3) is 0.286. The Labute approximate surface area is 67.5 Å². The second-order valence-electron chi connectivity index (χ2n) is 2.36. The first-order valence-corrected chi connectivity index (χ1v) is 4.04. The van der Waals surface area contributed by atoms with Gasteiger partial charge in [0.05, 0.1) is 12.0 Å². The Morgan fingerprint density at radius 1 is 1.50 bits per heavy atom. The molecule has 1 aliphatic rings. The van der Waals surface area contributed by atoms with E-state index in [1.54, 1.807) is 6.33 Å². The zero-order chi connectivity index (χ0) is 6.97. The van der Waals surface area contributed by atoms with Gasteiger partial charge in [-0.1, -0.05) is 15.9 Å². The van der Waals surface area contributed by atoms with Crippen molar-refractivity contribution in [3.05, 3.63) is 22.2 Å². The fourth-order valence-electron chi connectivity index (χ4n) is 1.12. The lowest BCUT2D eigenvalue weighted by atomic mass is 10.1. The SMILES string of the molecule is BrC1=Cc2nc[nH]c2CC1. The normalized spacial score (nSPS) is 16.3. The number of rotatable bonds is 0. The van der Waals surface area contributed by atoms with Crippen LogP contribution in [-0.4, -0.2) is 9.97 Å². The van der Waals surface area contributed by atoms with Crippen molar-refractivity contribution in [2.45, 2.75) is 12.8 Å². The van der Waals surface area contributed by atoms with E-state index in [0.29, 0.717) is 0 Å². The maximum Gasteiger partial charge on any atom is 0.0929 e. The van der Waals surface area contributed by atoms with Gasteiger partial charge >= 0.3 is 0 Å². The summed E-state index contributed by atoms with van der Waals surface area (Å²) < 4.78 is 1.24. The van der Waals surface area contributed by atoms with E-state index in [-0.39, 0.29) is 0 Å². The standard InChI is InChI=1S/C7H7BrN2/c8-5-1-2-6-7(3-5)10-4-9-6/h3-4H,1-2H2,(H,9,10). The number of nitrogens with zero attached hydrogens (tertiary/aromatic N) is 1. The van der Waals surface area contributed by atoms with Crippen molar-refractivity contribution in [2.75, 3.05) is 0 Å². The summed E-state index contributed by atoms with van der Waals surface area (Å²) in [7, 11) is 0. The van der Waals surface area contributed by atoms with Crippen LogP contribution in [0.25, 0.3) is 6.08 Å². The molecule has 2 rings (SSSR count). The molecule has 0 saturated carbocycles. The topological polar surface area (TPSA) is 28.7 Å². The molecule has 0 bridgehead atoms. The number of hydrogen-bond acceptors (Lipinski definition) is 1. The maximum atomic E-state index is 4.15. The highest BCUT2D eigenvalue weighted by Crippen LogP contribution is 2.24. The number of aryl methyl sites for hydroxylation is 1. The number of imidazole rings is 1. The van der Waals surface area contributed by atoms with Crippen molar-refractivity contribution in [1.82, 2.24) is 9.97 Å². The summed E-state index contributed by atoms with van der Waals surface area (Å²) in [5.74, 6) is 0. The summed E-state index contributed by atoms with van der Waals surface area (Å²) in [6.07, 6.45) is 5.98. The molecule has 0 spiro atoms. The van der Waals surface area contributed by atoms with E-state index in [4.69, 9.17) is 0 Å². The van der Waals surface area contributed by atoms with Crippen molar-refractivity contribution >= 4 is 22.0 Å². The van der Waals surface area contributed by atoms with Crippen molar-refractivity contribution in [3.8, 4) is 0 Å². The Hall–Kier alpha value is -0.570. The Balaban J connectivity index is 2.50.